The highest BCUT2D eigenvalue weighted by Crippen LogP contribution is 2.40. The van der Waals surface area contributed by atoms with Gasteiger partial charge < -0.3 is 4.90 Å². The molecule has 6 nitrogen and oxygen atoms in total. The molecule has 1 aliphatic carbocycles. The number of nitrogens with one attached hydrogen (secondary N) is 1. The zero-order chi connectivity index (χ0) is 18.1. The molecule has 1 N–H and O–H groups in total. The van der Waals surface area contributed by atoms with Crippen LogP contribution in [0.2, 0.25) is 0 Å². The van der Waals surface area contributed by atoms with Gasteiger partial charge in [-0.3, -0.25) is 9.89 Å². The molecule has 2 aromatic rings. The highest BCUT2D eigenvalue weighted by molar-refractivity contribution is 5.81. The van der Waals surface area contributed by atoms with E-state index < -0.39 is 0 Å². The zero-order valence-electron chi connectivity index (χ0n) is 15.6. The van der Waals surface area contributed by atoms with E-state index in [4.69, 9.17) is 4.98 Å². The lowest BCUT2D eigenvalue weighted by Gasteiger charge is -2.32. The molecule has 0 radical (unpaired) electrons. The Bertz CT molecular complexity index is 778. The molecule has 4 rings (SSSR count). The standard InChI is InChI=1S/C20H27N5O/c1-3-4-18-21-8-5-17(23-18)16-12-22-24-19(16)14-6-9-25(10-7-14)20(26)15-11-13(15)2/h5,8,12-15H,3-4,6-7,9-11H2,1-2H3,(H,22,24)/t13-,15-/m0/s1. The van der Waals surface area contributed by atoms with E-state index in [-0.39, 0.29) is 5.92 Å². The van der Waals surface area contributed by atoms with Crippen molar-refractivity contribution in [3.8, 4) is 11.3 Å². The van der Waals surface area contributed by atoms with Gasteiger partial charge in [-0.05, 0) is 37.7 Å². The summed E-state index contributed by atoms with van der Waals surface area (Å²) in [6.07, 6.45) is 8.66. The van der Waals surface area contributed by atoms with Gasteiger partial charge in [-0.25, -0.2) is 9.97 Å². The fourth-order valence-corrected chi connectivity index (χ4v) is 3.99. The third-order valence-corrected chi connectivity index (χ3v) is 5.77. The first-order valence-electron chi connectivity index (χ1n) is 9.81. The maximum atomic E-state index is 12.4. The number of piperidine rings is 1. The number of carbonyl (C=O) groups is 1. The third-order valence-electron chi connectivity index (χ3n) is 5.77. The minimum atomic E-state index is 0.285. The predicted octanol–water partition coefficient (Wildman–Crippen LogP) is 3.18. The van der Waals surface area contributed by atoms with Crippen molar-refractivity contribution in [2.45, 2.75) is 51.9 Å². The molecule has 0 bridgehead atoms. The summed E-state index contributed by atoms with van der Waals surface area (Å²) >= 11 is 0. The van der Waals surface area contributed by atoms with Crippen LogP contribution in [0, 0.1) is 11.8 Å². The lowest BCUT2D eigenvalue weighted by molar-refractivity contribution is -0.133. The van der Waals surface area contributed by atoms with E-state index in [0.717, 1.165) is 68.0 Å². The van der Waals surface area contributed by atoms with E-state index >= 15 is 0 Å². The molecule has 1 saturated carbocycles. The van der Waals surface area contributed by atoms with Crippen LogP contribution in [-0.2, 0) is 11.2 Å². The molecular weight excluding hydrogens is 326 g/mol. The summed E-state index contributed by atoms with van der Waals surface area (Å²) in [6, 6.07) is 1.96. The first-order valence-corrected chi connectivity index (χ1v) is 9.81. The van der Waals surface area contributed by atoms with Crippen molar-refractivity contribution in [1.29, 1.82) is 0 Å². The molecule has 2 fully saturated rings. The molecule has 0 spiro atoms. The number of hydrogen-bond donors (Lipinski definition) is 1. The van der Waals surface area contributed by atoms with Crippen LogP contribution in [0.5, 0.6) is 0 Å². The van der Waals surface area contributed by atoms with Crippen LogP contribution in [0.15, 0.2) is 18.5 Å². The number of aromatic nitrogens is 4. The van der Waals surface area contributed by atoms with Gasteiger partial charge in [-0.2, -0.15) is 5.10 Å². The van der Waals surface area contributed by atoms with Crippen molar-refractivity contribution in [3.05, 3.63) is 30.0 Å². The summed E-state index contributed by atoms with van der Waals surface area (Å²) < 4.78 is 0. The largest absolute Gasteiger partial charge is 0.342 e. The zero-order valence-corrected chi connectivity index (χ0v) is 15.6. The van der Waals surface area contributed by atoms with E-state index in [1.54, 1.807) is 0 Å². The molecule has 1 saturated heterocycles. The van der Waals surface area contributed by atoms with Crippen LogP contribution in [0.3, 0.4) is 0 Å². The number of H-pyrrole nitrogens is 1. The Morgan fingerprint density at radius 3 is 2.81 bits per heavy atom. The van der Waals surface area contributed by atoms with E-state index in [9.17, 15) is 4.79 Å². The molecule has 1 amide bonds. The summed E-state index contributed by atoms with van der Waals surface area (Å²) in [5, 5.41) is 7.48. The predicted molar refractivity (Wildman–Crippen MR) is 99.4 cm³/mol. The summed E-state index contributed by atoms with van der Waals surface area (Å²) in [7, 11) is 0. The van der Waals surface area contributed by atoms with E-state index in [2.05, 4.69) is 33.9 Å². The molecular formula is C20H27N5O. The number of amides is 1. The van der Waals surface area contributed by atoms with Gasteiger partial charge in [0.25, 0.3) is 0 Å². The molecule has 1 aliphatic heterocycles. The number of rotatable bonds is 5. The van der Waals surface area contributed by atoms with Crippen LogP contribution in [0.4, 0.5) is 0 Å². The number of hydrogen-bond acceptors (Lipinski definition) is 4. The smallest absolute Gasteiger partial charge is 0.225 e. The third kappa shape index (κ3) is 3.37. The van der Waals surface area contributed by atoms with Gasteiger partial charge in [-0.1, -0.05) is 13.8 Å². The SMILES string of the molecule is CCCc1nccc(-c2cn[nH]c2C2CCN(C(=O)[C@H]3C[C@@H]3C)CC2)n1. The first-order chi connectivity index (χ1) is 12.7. The highest BCUT2D eigenvalue weighted by atomic mass is 16.2. The molecule has 2 aromatic heterocycles. The first kappa shape index (κ1) is 17.2. The normalized spacial score (nSPS) is 23.2. The molecule has 2 aliphatic rings. The van der Waals surface area contributed by atoms with Crippen LogP contribution < -0.4 is 0 Å². The molecule has 3 heterocycles. The van der Waals surface area contributed by atoms with Gasteiger partial charge in [0.15, 0.2) is 0 Å². The van der Waals surface area contributed by atoms with Crippen molar-refractivity contribution in [1.82, 2.24) is 25.1 Å². The van der Waals surface area contributed by atoms with Crippen molar-refractivity contribution < 1.29 is 4.79 Å². The summed E-state index contributed by atoms with van der Waals surface area (Å²) in [5.41, 5.74) is 3.17. The maximum absolute atomic E-state index is 12.4. The lowest BCUT2D eigenvalue weighted by Crippen LogP contribution is -2.39. The average Bonchev–Trinajstić information content (AvgIpc) is 3.19. The van der Waals surface area contributed by atoms with Crippen LogP contribution in [0.25, 0.3) is 11.3 Å². The fraction of sp³-hybridized carbons (Fsp3) is 0.600. The monoisotopic (exact) mass is 353 g/mol. The number of carbonyl (C=O) groups excluding carboxylic acids is 1. The average molecular weight is 353 g/mol. The second-order valence-corrected chi connectivity index (χ2v) is 7.72. The van der Waals surface area contributed by atoms with Crippen LogP contribution >= 0.6 is 0 Å². The minimum absolute atomic E-state index is 0.285. The van der Waals surface area contributed by atoms with Gasteiger partial charge in [0.2, 0.25) is 5.91 Å². The molecule has 2 atom stereocenters. The maximum Gasteiger partial charge on any atom is 0.225 e. The topological polar surface area (TPSA) is 74.8 Å². The second-order valence-electron chi connectivity index (χ2n) is 7.72. The number of nitrogens with zero attached hydrogens (tertiary/aromatic N) is 4. The molecule has 138 valence electrons. The van der Waals surface area contributed by atoms with Gasteiger partial charge in [-0.15, -0.1) is 0 Å². The minimum Gasteiger partial charge on any atom is -0.342 e. The summed E-state index contributed by atoms with van der Waals surface area (Å²) in [4.78, 5) is 23.6. The van der Waals surface area contributed by atoms with Crippen LogP contribution in [-0.4, -0.2) is 44.1 Å². The van der Waals surface area contributed by atoms with E-state index in [0.29, 0.717) is 17.7 Å². The molecule has 0 unspecified atom stereocenters. The Labute approximate surface area is 154 Å². The number of aryl methyl sites for hydroxylation is 1. The quantitative estimate of drug-likeness (QED) is 0.896. The number of aromatic amines is 1. The van der Waals surface area contributed by atoms with Gasteiger partial charge >= 0.3 is 0 Å². The Morgan fingerprint density at radius 1 is 1.35 bits per heavy atom. The van der Waals surface area contributed by atoms with Gasteiger partial charge in [0.1, 0.15) is 5.82 Å². The number of likely N-dealkylation sites (tertiary alicyclic amines) is 1. The highest BCUT2D eigenvalue weighted by Gasteiger charge is 2.42. The Kier molecular flexibility index (Phi) is 4.74. The second kappa shape index (κ2) is 7.17. The Balaban J connectivity index is 1.46. The van der Waals surface area contributed by atoms with Gasteiger partial charge in [0.05, 0.1) is 11.9 Å². The van der Waals surface area contributed by atoms with Crippen molar-refractivity contribution in [2.75, 3.05) is 13.1 Å². The fourth-order valence-electron chi connectivity index (χ4n) is 3.99. The Morgan fingerprint density at radius 2 is 2.12 bits per heavy atom. The van der Waals surface area contributed by atoms with E-state index in [1.165, 1.54) is 0 Å². The van der Waals surface area contributed by atoms with Crippen LogP contribution in [0.1, 0.15) is 57.0 Å². The Hall–Kier alpha value is -2.24. The van der Waals surface area contributed by atoms with Crippen molar-refractivity contribution >= 4 is 5.91 Å². The molecule has 6 heteroatoms. The van der Waals surface area contributed by atoms with Crippen molar-refractivity contribution in [3.63, 3.8) is 0 Å². The molecule has 0 aromatic carbocycles. The van der Waals surface area contributed by atoms with Gasteiger partial charge in [0, 0.05) is 48.8 Å². The lowest BCUT2D eigenvalue weighted by atomic mass is 9.90. The summed E-state index contributed by atoms with van der Waals surface area (Å²) in [5.74, 6) is 2.51. The molecule has 26 heavy (non-hydrogen) atoms. The van der Waals surface area contributed by atoms with Crippen molar-refractivity contribution in [2.24, 2.45) is 11.8 Å². The summed E-state index contributed by atoms with van der Waals surface area (Å²) in [6.45, 7) is 5.99. The van der Waals surface area contributed by atoms with E-state index in [1.807, 2.05) is 18.5 Å².